The molecule has 3 rings (SSSR count). The molecule has 2 aliphatic heterocycles. The van der Waals surface area contributed by atoms with Crippen molar-refractivity contribution in [3.05, 3.63) is 0 Å². The molecule has 2 unspecified atom stereocenters. The van der Waals surface area contributed by atoms with Crippen LogP contribution in [0.1, 0.15) is 26.2 Å². The van der Waals surface area contributed by atoms with Gasteiger partial charge in [-0.3, -0.25) is 14.6 Å². The maximum Gasteiger partial charge on any atom is 0.306 e. The van der Waals surface area contributed by atoms with Crippen molar-refractivity contribution in [1.82, 2.24) is 9.80 Å². The summed E-state index contributed by atoms with van der Waals surface area (Å²) >= 11 is 0. The molecule has 17 heavy (non-hydrogen) atoms. The van der Waals surface area contributed by atoms with Crippen LogP contribution in [0.15, 0.2) is 0 Å². The van der Waals surface area contributed by atoms with E-state index in [1.807, 2.05) is 6.92 Å². The van der Waals surface area contributed by atoms with Gasteiger partial charge in [-0.2, -0.15) is 0 Å². The number of likely N-dealkylation sites (tertiary alicyclic amines) is 2. The van der Waals surface area contributed by atoms with Crippen molar-refractivity contribution in [1.29, 1.82) is 0 Å². The molecule has 3 fully saturated rings. The summed E-state index contributed by atoms with van der Waals surface area (Å²) in [5, 5.41) is 8.97. The van der Waals surface area contributed by atoms with Gasteiger partial charge < -0.3 is 5.11 Å². The summed E-state index contributed by atoms with van der Waals surface area (Å²) < 4.78 is 0. The standard InChI is InChI=1S/C13H22N2O2/c1-9(13(16)17)10-6-15(7-10)12-4-5-14(8-12)11-2-3-11/h9-12H,2-8H2,1H3,(H,16,17). The Kier molecular flexibility index (Phi) is 2.87. The van der Waals surface area contributed by atoms with Crippen LogP contribution in [0.3, 0.4) is 0 Å². The molecule has 0 aromatic carbocycles. The zero-order chi connectivity index (χ0) is 12.0. The zero-order valence-corrected chi connectivity index (χ0v) is 10.5. The molecule has 0 bridgehead atoms. The number of carboxylic acids is 1. The summed E-state index contributed by atoms with van der Waals surface area (Å²) in [4.78, 5) is 16.0. The molecule has 0 spiro atoms. The van der Waals surface area contributed by atoms with Crippen LogP contribution in [0.25, 0.3) is 0 Å². The lowest BCUT2D eigenvalue weighted by atomic mass is 9.86. The summed E-state index contributed by atoms with van der Waals surface area (Å²) in [6.07, 6.45) is 4.07. The first-order valence-corrected chi connectivity index (χ1v) is 6.86. The highest BCUT2D eigenvalue weighted by molar-refractivity contribution is 5.70. The molecular weight excluding hydrogens is 216 g/mol. The van der Waals surface area contributed by atoms with Gasteiger partial charge >= 0.3 is 5.97 Å². The number of rotatable bonds is 4. The van der Waals surface area contributed by atoms with Crippen molar-refractivity contribution in [2.75, 3.05) is 26.2 Å². The third-order valence-electron chi connectivity index (χ3n) is 4.81. The molecule has 2 heterocycles. The van der Waals surface area contributed by atoms with Crippen LogP contribution >= 0.6 is 0 Å². The number of carboxylic acid groups (broad SMARTS) is 1. The summed E-state index contributed by atoms with van der Waals surface area (Å²) in [5.74, 6) is -0.435. The van der Waals surface area contributed by atoms with Crippen molar-refractivity contribution in [3.63, 3.8) is 0 Å². The molecular formula is C13H22N2O2. The molecule has 0 aromatic heterocycles. The van der Waals surface area contributed by atoms with Gasteiger partial charge in [-0.25, -0.2) is 0 Å². The largest absolute Gasteiger partial charge is 0.481 e. The molecule has 2 saturated heterocycles. The van der Waals surface area contributed by atoms with Crippen LogP contribution in [0.4, 0.5) is 0 Å². The lowest BCUT2D eigenvalue weighted by Crippen LogP contribution is -2.55. The molecule has 0 amide bonds. The highest BCUT2D eigenvalue weighted by Crippen LogP contribution is 2.34. The smallest absolute Gasteiger partial charge is 0.306 e. The number of nitrogens with zero attached hydrogens (tertiary/aromatic N) is 2. The van der Waals surface area contributed by atoms with E-state index in [0.717, 1.165) is 19.1 Å². The van der Waals surface area contributed by atoms with Crippen LogP contribution in [-0.4, -0.2) is 59.1 Å². The third kappa shape index (κ3) is 2.20. The van der Waals surface area contributed by atoms with Gasteiger partial charge in [0.1, 0.15) is 0 Å². The normalized spacial score (nSPS) is 33.6. The fourth-order valence-electron chi connectivity index (χ4n) is 3.20. The Labute approximate surface area is 103 Å². The minimum absolute atomic E-state index is 0.174. The van der Waals surface area contributed by atoms with Crippen molar-refractivity contribution in [2.24, 2.45) is 11.8 Å². The third-order valence-corrected chi connectivity index (χ3v) is 4.81. The topological polar surface area (TPSA) is 43.8 Å². The predicted octanol–water partition coefficient (Wildman–Crippen LogP) is 0.876. The minimum atomic E-state index is -0.638. The lowest BCUT2D eigenvalue weighted by molar-refractivity contribution is -0.145. The molecule has 0 aromatic rings. The van der Waals surface area contributed by atoms with E-state index in [0.29, 0.717) is 12.0 Å². The highest BCUT2D eigenvalue weighted by atomic mass is 16.4. The molecule has 1 aliphatic carbocycles. The second kappa shape index (κ2) is 4.25. The second-order valence-corrected chi connectivity index (χ2v) is 6.01. The Balaban J connectivity index is 1.45. The first-order valence-electron chi connectivity index (χ1n) is 6.86. The molecule has 4 heteroatoms. The Morgan fingerprint density at radius 1 is 1.12 bits per heavy atom. The van der Waals surface area contributed by atoms with Crippen LogP contribution in [0.5, 0.6) is 0 Å². The second-order valence-electron chi connectivity index (χ2n) is 6.01. The molecule has 2 atom stereocenters. The van der Waals surface area contributed by atoms with Crippen molar-refractivity contribution >= 4 is 5.97 Å². The van der Waals surface area contributed by atoms with Crippen LogP contribution in [0.2, 0.25) is 0 Å². The summed E-state index contributed by atoms with van der Waals surface area (Å²) in [7, 11) is 0. The summed E-state index contributed by atoms with van der Waals surface area (Å²) in [5.41, 5.74) is 0. The molecule has 1 saturated carbocycles. The lowest BCUT2D eigenvalue weighted by Gasteiger charge is -2.44. The number of hydrogen-bond acceptors (Lipinski definition) is 3. The van der Waals surface area contributed by atoms with E-state index in [2.05, 4.69) is 9.80 Å². The van der Waals surface area contributed by atoms with Gasteiger partial charge in [0.15, 0.2) is 0 Å². The van der Waals surface area contributed by atoms with Gasteiger partial charge in [0.2, 0.25) is 0 Å². The molecule has 1 N–H and O–H groups in total. The van der Waals surface area contributed by atoms with E-state index in [9.17, 15) is 4.79 Å². The Hall–Kier alpha value is -0.610. The van der Waals surface area contributed by atoms with Gasteiger partial charge in [0, 0.05) is 38.3 Å². The van der Waals surface area contributed by atoms with Crippen molar-refractivity contribution in [2.45, 2.75) is 38.3 Å². The Bertz CT molecular complexity index is 311. The van der Waals surface area contributed by atoms with Crippen LogP contribution in [0, 0.1) is 11.8 Å². The monoisotopic (exact) mass is 238 g/mol. The van der Waals surface area contributed by atoms with Gasteiger partial charge in [0.05, 0.1) is 5.92 Å². The SMILES string of the molecule is CC(C(=O)O)C1CN(C2CCN(C3CC3)C2)C1. The molecule has 0 radical (unpaired) electrons. The van der Waals surface area contributed by atoms with Gasteiger partial charge in [-0.15, -0.1) is 0 Å². The van der Waals surface area contributed by atoms with Crippen LogP contribution < -0.4 is 0 Å². The Morgan fingerprint density at radius 3 is 2.41 bits per heavy atom. The van der Waals surface area contributed by atoms with Gasteiger partial charge in [0.25, 0.3) is 0 Å². The molecule has 96 valence electrons. The number of aliphatic carboxylic acids is 1. The molecule has 4 nitrogen and oxygen atoms in total. The average molecular weight is 238 g/mol. The van der Waals surface area contributed by atoms with E-state index < -0.39 is 5.97 Å². The van der Waals surface area contributed by atoms with Crippen molar-refractivity contribution in [3.8, 4) is 0 Å². The fraction of sp³-hybridized carbons (Fsp3) is 0.923. The van der Waals surface area contributed by atoms with Gasteiger partial charge in [-0.1, -0.05) is 6.92 Å². The fourth-order valence-corrected chi connectivity index (χ4v) is 3.20. The minimum Gasteiger partial charge on any atom is -0.481 e. The maximum atomic E-state index is 10.9. The van der Waals surface area contributed by atoms with E-state index in [-0.39, 0.29) is 5.92 Å². The van der Waals surface area contributed by atoms with E-state index in [1.54, 1.807) is 0 Å². The predicted molar refractivity (Wildman–Crippen MR) is 64.9 cm³/mol. The van der Waals surface area contributed by atoms with Crippen LogP contribution in [-0.2, 0) is 4.79 Å². The van der Waals surface area contributed by atoms with E-state index >= 15 is 0 Å². The van der Waals surface area contributed by atoms with E-state index in [1.165, 1.54) is 32.4 Å². The average Bonchev–Trinajstić information content (AvgIpc) is 2.97. The summed E-state index contributed by atoms with van der Waals surface area (Å²) in [6, 6.07) is 1.59. The quantitative estimate of drug-likeness (QED) is 0.789. The molecule has 3 aliphatic rings. The first-order chi connectivity index (χ1) is 8.15. The maximum absolute atomic E-state index is 10.9. The Morgan fingerprint density at radius 2 is 1.82 bits per heavy atom. The van der Waals surface area contributed by atoms with Gasteiger partial charge in [-0.05, 0) is 25.2 Å². The number of carbonyl (C=O) groups is 1. The first kappa shape index (κ1) is 11.5. The highest BCUT2D eigenvalue weighted by Gasteiger charge is 2.42. The number of hydrogen-bond donors (Lipinski definition) is 1. The van der Waals surface area contributed by atoms with E-state index in [4.69, 9.17) is 5.11 Å². The van der Waals surface area contributed by atoms with Crippen molar-refractivity contribution < 1.29 is 9.90 Å². The summed E-state index contributed by atoms with van der Waals surface area (Å²) in [6.45, 7) is 6.31. The zero-order valence-electron chi connectivity index (χ0n) is 10.5.